The van der Waals surface area contributed by atoms with Crippen LogP contribution in [0, 0.1) is 25.5 Å². The molecule has 10 heteroatoms. The van der Waals surface area contributed by atoms with E-state index in [9.17, 15) is 19.5 Å². The Balaban J connectivity index is 1.67. The Labute approximate surface area is 285 Å². The van der Waals surface area contributed by atoms with Crippen LogP contribution in [0.1, 0.15) is 47.7 Å². The summed E-state index contributed by atoms with van der Waals surface area (Å²) in [6.45, 7) is 5.00. The number of rotatable bonds is 10. The molecule has 1 amide bonds. The molecule has 7 nitrogen and oxygen atoms in total. The third kappa shape index (κ3) is 7.23. The van der Waals surface area contributed by atoms with Gasteiger partial charge in [0.25, 0.3) is 5.56 Å². The Morgan fingerprint density at radius 2 is 1.65 bits per heavy atom. The molecule has 1 unspecified atom stereocenters. The highest BCUT2D eigenvalue weighted by Crippen LogP contribution is 2.37. The minimum atomic E-state index is -1.56. The van der Waals surface area contributed by atoms with Crippen molar-refractivity contribution in [3.63, 3.8) is 0 Å². The molecule has 2 N–H and O–H groups in total. The highest BCUT2D eigenvalue weighted by molar-refractivity contribution is 9.10. The number of phenols is 1. The first-order valence-electron chi connectivity index (χ1n) is 15.3. The number of halogens is 3. The van der Waals surface area contributed by atoms with Crippen LogP contribution in [0.2, 0.25) is 0 Å². The van der Waals surface area contributed by atoms with Gasteiger partial charge in [-0.2, -0.15) is 0 Å². The maximum Gasteiger partial charge on any atom is 0.308 e. The van der Waals surface area contributed by atoms with Crippen LogP contribution >= 0.6 is 15.9 Å². The van der Waals surface area contributed by atoms with E-state index in [4.69, 9.17) is 4.74 Å². The van der Waals surface area contributed by atoms with Crippen LogP contribution in [0.15, 0.2) is 106 Å². The summed E-state index contributed by atoms with van der Waals surface area (Å²) < 4.78 is 38.3. The molecule has 1 heterocycles. The lowest BCUT2D eigenvalue weighted by molar-refractivity contribution is -0.143. The molecular formula is C38H33BrF2N2O5. The van der Waals surface area contributed by atoms with E-state index in [2.05, 4.69) is 21.2 Å². The first-order chi connectivity index (χ1) is 23.0. The maximum absolute atomic E-state index is 16.0. The highest BCUT2D eigenvalue weighted by Gasteiger charge is 2.32. The van der Waals surface area contributed by atoms with E-state index < -0.39 is 47.6 Å². The van der Waals surface area contributed by atoms with Crippen molar-refractivity contribution in [1.82, 2.24) is 9.88 Å². The summed E-state index contributed by atoms with van der Waals surface area (Å²) in [5, 5.41) is 13.4. The van der Waals surface area contributed by atoms with Crippen molar-refractivity contribution in [2.24, 2.45) is 0 Å². The average molecular weight is 716 g/mol. The number of phenolic OH excluding ortho intramolecular Hbond substituents is 1. The number of aryl methyl sites for hydroxylation is 2. The zero-order valence-electron chi connectivity index (χ0n) is 26.5. The van der Waals surface area contributed by atoms with E-state index >= 15 is 8.78 Å². The van der Waals surface area contributed by atoms with Gasteiger partial charge in [0.15, 0.2) is 0 Å². The van der Waals surface area contributed by atoms with E-state index in [-0.39, 0.29) is 34.6 Å². The standard InChI is InChI=1S/C38H33BrF2N2O5/c1-4-48-33(45)21-31(29-19-25(18-23(3)35(29)41)34-22(2)10-8-14-32(34)44)42-37(46)36(28-20-26(39)15-16-30(28)40)43-17-9-13-27(38(43)47)24-11-6-5-7-12-24/h5-20,31,36,44H,4,21H2,1-3H3,(H,42,46)/t31-,36?/m0/s1. The number of esters is 1. The molecule has 2 atom stereocenters. The quantitative estimate of drug-likeness (QED) is 0.143. The molecule has 0 saturated heterocycles. The van der Waals surface area contributed by atoms with Crippen LogP contribution in [-0.4, -0.2) is 28.2 Å². The zero-order chi connectivity index (χ0) is 34.5. The number of benzene rings is 4. The Morgan fingerprint density at radius 1 is 0.896 bits per heavy atom. The summed E-state index contributed by atoms with van der Waals surface area (Å²) in [7, 11) is 0. The normalized spacial score (nSPS) is 12.3. The van der Waals surface area contributed by atoms with Gasteiger partial charge in [-0.25, -0.2) is 8.78 Å². The van der Waals surface area contributed by atoms with Crippen LogP contribution in [-0.2, 0) is 14.3 Å². The predicted octanol–water partition coefficient (Wildman–Crippen LogP) is 7.95. The van der Waals surface area contributed by atoms with Crippen molar-refractivity contribution >= 4 is 27.8 Å². The molecule has 0 fully saturated rings. The molecule has 48 heavy (non-hydrogen) atoms. The smallest absolute Gasteiger partial charge is 0.308 e. The number of nitrogens with one attached hydrogen (secondary N) is 1. The van der Waals surface area contributed by atoms with E-state index in [0.29, 0.717) is 21.2 Å². The van der Waals surface area contributed by atoms with Gasteiger partial charge in [0.05, 0.1) is 19.1 Å². The van der Waals surface area contributed by atoms with Crippen LogP contribution in [0.25, 0.3) is 22.3 Å². The third-order valence-corrected chi connectivity index (χ3v) is 8.52. The van der Waals surface area contributed by atoms with Gasteiger partial charge in [-0.05, 0) is 91.6 Å². The molecule has 5 aromatic rings. The lowest BCUT2D eigenvalue weighted by Gasteiger charge is -2.26. The number of aromatic nitrogens is 1. The maximum atomic E-state index is 16.0. The SMILES string of the molecule is CCOC(=O)C[C@H](NC(=O)C(c1cc(Br)ccc1F)n1cccc(-c2ccccc2)c1=O)c1cc(-c2c(C)cccc2O)cc(C)c1F. The highest BCUT2D eigenvalue weighted by atomic mass is 79.9. The molecule has 0 radical (unpaired) electrons. The second-order valence-corrected chi connectivity index (χ2v) is 12.2. The van der Waals surface area contributed by atoms with E-state index in [1.165, 1.54) is 43.5 Å². The number of pyridine rings is 1. The number of hydrogen-bond donors (Lipinski definition) is 2. The van der Waals surface area contributed by atoms with Gasteiger partial charge in [0.1, 0.15) is 23.4 Å². The molecule has 5 rings (SSSR count). The fourth-order valence-electron chi connectivity index (χ4n) is 5.79. The molecule has 0 bridgehead atoms. The summed E-state index contributed by atoms with van der Waals surface area (Å²) in [6.07, 6.45) is 0.915. The summed E-state index contributed by atoms with van der Waals surface area (Å²) in [5.41, 5.74) is 1.98. The van der Waals surface area contributed by atoms with Crippen LogP contribution in [0.4, 0.5) is 8.78 Å². The van der Waals surface area contributed by atoms with Crippen molar-refractivity contribution in [2.75, 3.05) is 6.61 Å². The topological polar surface area (TPSA) is 97.6 Å². The monoisotopic (exact) mass is 714 g/mol. The van der Waals surface area contributed by atoms with Crippen LogP contribution in [0.3, 0.4) is 0 Å². The minimum Gasteiger partial charge on any atom is -0.507 e. The van der Waals surface area contributed by atoms with Crippen molar-refractivity contribution in [3.05, 3.63) is 146 Å². The van der Waals surface area contributed by atoms with Gasteiger partial charge in [-0.15, -0.1) is 0 Å². The van der Waals surface area contributed by atoms with E-state index in [1.807, 2.05) is 0 Å². The summed E-state index contributed by atoms with van der Waals surface area (Å²) in [4.78, 5) is 41.3. The number of amides is 1. The van der Waals surface area contributed by atoms with Gasteiger partial charge in [-0.3, -0.25) is 19.0 Å². The molecule has 0 spiro atoms. The number of carbonyl (C=O) groups excluding carboxylic acids is 2. The number of nitrogens with zero attached hydrogens (tertiary/aromatic N) is 1. The molecule has 246 valence electrons. The zero-order valence-corrected chi connectivity index (χ0v) is 28.1. The molecule has 1 aromatic heterocycles. The largest absolute Gasteiger partial charge is 0.507 e. The Morgan fingerprint density at radius 3 is 2.35 bits per heavy atom. The number of carbonyl (C=O) groups is 2. The van der Waals surface area contributed by atoms with Gasteiger partial charge in [-0.1, -0.05) is 58.4 Å². The predicted molar refractivity (Wildman–Crippen MR) is 183 cm³/mol. The number of aromatic hydroxyl groups is 1. The number of ether oxygens (including phenoxy) is 1. The van der Waals surface area contributed by atoms with Crippen molar-refractivity contribution in [1.29, 1.82) is 0 Å². The molecular weight excluding hydrogens is 682 g/mol. The van der Waals surface area contributed by atoms with E-state index in [0.717, 1.165) is 10.1 Å². The molecule has 4 aromatic carbocycles. The van der Waals surface area contributed by atoms with Crippen LogP contribution in [0.5, 0.6) is 5.75 Å². The molecule has 0 aliphatic heterocycles. The fraction of sp³-hybridized carbons (Fsp3) is 0.184. The third-order valence-electron chi connectivity index (χ3n) is 8.03. The van der Waals surface area contributed by atoms with Crippen LogP contribution < -0.4 is 10.9 Å². The summed E-state index contributed by atoms with van der Waals surface area (Å²) in [6, 6.07) is 21.2. The second-order valence-electron chi connectivity index (χ2n) is 11.3. The lowest BCUT2D eigenvalue weighted by Crippen LogP contribution is -2.41. The molecule has 0 saturated carbocycles. The Hall–Kier alpha value is -5.09. The van der Waals surface area contributed by atoms with E-state index in [1.54, 1.807) is 74.5 Å². The number of hydrogen-bond acceptors (Lipinski definition) is 5. The summed E-state index contributed by atoms with van der Waals surface area (Å²) >= 11 is 3.34. The molecule has 0 aliphatic rings. The van der Waals surface area contributed by atoms with Gasteiger partial charge < -0.3 is 15.2 Å². The first-order valence-corrected chi connectivity index (χ1v) is 16.1. The second kappa shape index (κ2) is 14.8. The van der Waals surface area contributed by atoms with Crippen molar-refractivity contribution in [3.8, 4) is 28.0 Å². The Kier molecular flexibility index (Phi) is 10.5. The van der Waals surface area contributed by atoms with Gasteiger partial charge in [0.2, 0.25) is 5.91 Å². The minimum absolute atomic E-state index is 0.0270. The molecule has 0 aliphatic carbocycles. The lowest BCUT2D eigenvalue weighted by atomic mass is 9.92. The Bertz CT molecular complexity index is 2030. The summed E-state index contributed by atoms with van der Waals surface area (Å²) in [5.74, 6) is -3.04. The average Bonchev–Trinajstić information content (AvgIpc) is 3.05. The van der Waals surface area contributed by atoms with Gasteiger partial charge in [0, 0.05) is 32.9 Å². The first kappa shape index (κ1) is 34.3. The fourth-order valence-corrected chi connectivity index (χ4v) is 6.17. The van der Waals surface area contributed by atoms with Crippen molar-refractivity contribution in [2.45, 2.75) is 39.3 Å². The van der Waals surface area contributed by atoms with Crippen molar-refractivity contribution < 1.29 is 28.2 Å². The van der Waals surface area contributed by atoms with Gasteiger partial charge >= 0.3 is 5.97 Å².